The smallest absolute Gasteiger partial charge is 0.347 e. The van der Waals surface area contributed by atoms with Crippen LogP contribution in [0.5, 0.6) is 0 Å². The van der Waals surface area contributed by atoms with Crippen LogP contribution in [-0.4, -0.2) is 15.9 Å². The molecule has 0 fully saturated rings. The van der Waals surface area contributed by atoms with E-state index in [1.165, 1.54) is 12.4 Å². The Bertz CT molecular complexity index is 608. The van der Waals surface area contributed by atoms with Crippen LogP contribution in [0.2, 0.25) is 0 Å². The van der Waals surface area contributed by atoms with Crippen molar-refractivity contribution >= 4 is 5.91 Å². The van der Waals surface area contributed by atoms with E-state index in [-0.39, 0.29) is 6.54 Å². The summed E-state index contributed by atoms with van der Waals surface area (Å²) in [5.41, 5.74) is -1.74. The van der Waals surface area contributed by atoms with Crippen LogP contribution < -0.4 is 5.32 Å². The molecule has 1 aromatic carbocycles. The van der Waals surface area contributed by atoms with Gasteiger partial charge in [-0.3, -0.25) is 4.79 Å². The Morgan fingerprint density at radius 2 is 2.10 bits per heavy atom. The van der Waals surface area contributed by atoms with E-state index in [1.807, 2.05) is 0 Å². The summed E-state index contributed by atoms with van der Waals surface area (Å²) < 4.78 is 50.9. The number of hydrogen-bond acceptors (Lipinski definition) is 2. The Hall–Kier alpha value is -2.38. The summed E-state index contributed by atoms with van der Waals surface area (Å²) in [6.45, 7) is -0.0402. The third-order valence-corrected chi connectivity index (χ3v) is 2.51. The molecule has 0 aliphatic rings. The number of benzene rings is 1. The Kier molecular flexibility index (Phi) is 3.73. The number of amides is 1. The molecule has 0 radical (unpaired) electrons. The fraction of sp³-hybridized carbons (Fsp3) is 0.167. The van der Waals surface area contributed by atoms with E-state index in [2.05, 4.69) is 15.3 Å². The molecular formula is C12H9F4N3O. The first-order chi connectivity index (χ1) is 9.38. The molecule has 2 N–H and O–H groups in total. The number of aromatic nitrogens is 2. The number of hydrogen-bond donors (Lipinski definition) is 2. The van der Waals surface area contributed by atoms with Crippen molar-refractivity contribution in [3.8, 4) is 0 Å². The molecule has 0 atom stereocenters. The highest BCUT2D eigenvalue weighted by atomic mass is 19.4. The minimum atomic E-state index is -4.64. The molecule has 1 amide bonds. The van der Waals surface area contributed by atoms with Crippen LogP contribution in [-0.2, 0) is 12.7 Å². The summed E-state index contributed by atoms with van der Waals surface area (Å²) in [6, 6.07) is 1.68. The molecule has 0 saturated heterocycles. The summed E-state index contributed by atoms with van der Waals surface area (Å²) >= 11 is 0. The third kappa shape index (κ3) is 3.14. The van der Waals surface area contributed by atoms with E-state index in [4.69, 9.17) is 0 Å². The number of aromatic amines is 1. The molecular weight excluding hydrogens is 278 g/mol. The van der Waals surface area contributed by atoms with Gasteiger partial charge in [-0.2, -0.15) is 13.2 Å². The minimum Gasteiger partial charge on any atom is -0.347 e. The van der Waals surface area contributed by atoms with Crippen molar-refractivity contribution < 1.29 is 22.4 Å². The highest BCUT2D eigenvalue weighted by molar-refractivity contribution is 5.94. The van der Waals surface area contributed by atoms with E-state index in [1.54, 1.807) is 0 Å². The van der Waals surface area contributed by atoms with Gasteiger partial charge in [0.1, 0.15) is 11.6 Å². The topological polar surface area (TPSA) is 57.8 Å². The molecule has 1 heterocycles. The summed E-state index contributed by atoms with van der Waals surface area (Å²) in [6.07, 6.45) is -1.66. The molecule has 0 unspecified atom stereocenters. The first-order valence-electron chi connectivity index (χ1n) is 5.51. The second-order valence-electron chi connectivity index (χ2n) is 3.91. The van der Waals surface area contributed by atoms with Gasteiger partial charge in [-0.1, -0.05) is 0 Å². The van der Waals surface area contributed by atoms with Crippen molar-refractivity contribution in [2.75, 3.05) is 0 Å². The monoisotopic (exact) mass is 287 g/mol. The standard InChI is InChI=1S/C12H9F4N3O/c13-9-2-1-7(12(14,15)16)5-8(9)11(20)19-6-10-17-3-4-18-10/h1-5H,6H2,(H,17,18)(H,19,20). The molecule has 1 aromatic heterocycles. The van der Waals surface area contributed by atoms with Gasteiger partial charge in [0.05, 0.1) is 17.7 Å². The average molecular weight is 287 g/mol. The van der Waals surface area contributed by atoms with E-state index < -0.39 is 29.0 Å². The Balaban J connectivity index is 2.16. The van der Waals surface area contributed by atoms with Gasteiger partial charge >= 0.3 is 6.18 Å². The molecule has 20 heavy (non-hydrogen) atoms. The van der Waals surface area contributed by atoms with Crippen molar-refractivity contribution in [2.45, 2.75) is 12.7 Å². The van der Waals surface area contributed by atoms with Gasteiger partial charge in [0.2, 0.25) is 0 Å². The number of halogens is 4. The van der Waals surface area contributed by atoms with Gasteiger partial charge in [-0.25, -0.2) is 9.37 Å². The van der Waals surface area contributed by atoms with Crippen molar-refractivity contribution in [1.82, 2.24) is 15.3 Å². The lowest BCUT2D eigenvalue weighted by Gasteiger charge is -2.09. The molecule has 0 aliphatic heterocycles. The zero-order chi connectivity index (χ0) is 14.8. The number of imidazole rings is 1. The maximum Gasteiger partial charge on any atom is 0.416 e. The first kappa shape index (κ1) is 14.0. The van der Waals surface area contributed by atoms with Crippen LogP contribution in [0.25, 0.3) is 0 Å². The number of alkyl halides is 3. The number of H-pyrrole nitrogens is 1. The summed E-state index contributed by atoms with van der Waals surface area (Å²) in [4.78, 5) is 18.2. The molecule has 106 valence electrons. The highest BCUT2D eigenvalue weighted by Gasteiger charge is 2.31. The van der Waals surface area contributed by atoms with Gasteiger partial charge < -0.3 is 10.3 Å². The molecule has 0 bridgehead atoms. The second-order valence-corrected chi connectivity index (χ2v) is 3.91. The molecule has 2 rings (SSSR count). The van der Waals surface area contributed by atoms with Crippen molar-refractivity contribution in [1.29, 1.82) is 0 Å². The zero-order valence-electron chi connectivity index (χ0n) is 9.96. The normalized spacial score (nSPS) is 11.4. The van der Waals surface area contributed by atoms with E-state index in [0.29, 0.717) is 24.0 Å². The Morgan fingerprint density at radius 1 is 1.35 bits per heavy atom. The maximum atomic E-state index is 13.4. The van der Waals surface area contributed by atoms with Crippen LogP contribution in [0.3, 0.4) is 0 Å². The highest BCUT2D eigenvalue weighted by Crippen LogP contribution is 2.30. The lowest BCUT2D eigenvalue weighted by Crippen LogP contribution is -2.25. The minimum absolute atomic E-state index is 0.0402. The number of carbonyl (C=O) groups is 1. The van der Waals surface area contributed by atoms with Crippen molar-refractivity contribution in [3.63, 3.8) is 0 Å². The zero-order valence-corrected chi connectivity index (χ0v) is 9.96. The van der Waals surface area contributed by atoms with Crippen LogP contribution >= 0.6 is 0 Å². The van der Waals surface area contributed by atoms with Gasteiger partial charge in [0, 0.05) is 12.4 Å². The number of rotatable bonds is 3. The Morgan fingerprint density at radius 3 is 2.70 bits per heavy atom. The lowest BCUT2D eigenvalue weighted by atomic mass is 10.1. The summed E-state index contributed by atoms with van der Waals surface area (Å²) in [7, 11) is 0. The van der Waals surface area contributed by atoms with Crippen LogP contribution in [0.1, 0.15) is 21.7 Å². The average Bonchev–Trinajstić information content (AvgIpc) is 2.88. The van der Waals surface area contributed by atoms with Crippen molar-refractivity contribution in [3.05, 3.63) is 53.4 Å². The molecule has 0 aliphatic carbocycles. The molecule has 4 nitrogen and oxygen atoms in total. The van der Waals surface area contributed by atoms with E-state index in [9.17, 15) is 22.4 Å². The number of carbonyl (C=O) groups excluding carboxylic acids is 1. The summed E-state index contributed by atoms with van der Waals surface area (Å²) in [5.74, 6) is -1.55. The molecule has 0 saturated carbocycles. The predicted octanol–water partition coefficient (Wildman–Crippen LogP) is 2.50. The predicted molar refractivity (Wildman–Crippen MR) is 61.2 cm³/mol. The fourth-order valence-electron chi connectivity index (χ4n) is 1.53. The first-order valence-corrected chi connectivity index (χ1v) is 5.51. The SMILES string of the molecule is O=C(NCc1ncc[nH]1)c1cc(C(F)(F)F)ccc1F. The van der Waals surface area contributed by atoms with Gasteiger partial charge in [0.25, 0.3) is 5.91 Å². The molecule has 2 aromatic rings. The molecule has 8 heteroatoms. The van der Waals surface area contributed by atoms with Gasteiger partial charge in [-0.15, -0.1) is 0 Å². The largest absolute Gasteiger partial charge is 0.416 e. The van der Waals surface area contributed by atoms with E-state index in [0.717, 1.165) is 0 Å². The van der Waals surface area contributed by atoms with Crippen molar-refractivity contribution in [2.24, 2.45) is 0 Å². The fourth-order valence-corrected chi connectivity index (χ4v) is 1.53. The van der Waals surface area contributed by atoms with Gasteiger partial charge in [-0.05, 0) is 18.2 Å². The second kappa shape index (κ2) is 5.32. The van der Waals surface area contributed by atoms with Crippen LogP contribution in [0, 0.1) is 5.82 Å². The Labute approximate surface area is 110 Å². The molecule has 0 spiro atoms. The quantitative estimate of drug-likeness (QED) is 0.852. The van der Waals surface area contributed by atoms with Crippen LogP contribution in [0.4, 0.5) is 17.6 Å². The number of nitrogens with zero attached hydrogens (tertiary/aromatic N) is 1. The lowest BCUT2D eigenvalue weighted by molar-refractivity contribution is -0.137. The van der Waals surface area contributed by atoms with E-state index >= 15 is 0 Å². The van der Waals surface area contributed by atoms with Crippen LogP contribution in [0.15, 0.2) is 30.6 Å². The van der Waals surface area contributed by atoms with Gasteiger partial charge in [0.15, 0.2) is 0 Å². The maximum absolute atomic E-state index is 13.4. The number of nitrogens with one attached hydrogen (secondary N) is 2. The third-order valence-electron chi connectivity index (χ3n) is 2.51. The summed E-state index contributed by atoms with van der Waals surface area (Å²) in [5, 5.41) is 2.28.